The third kappa shape index (κ3) is 3.46. The van der Waals surface area contributed by atoms with Gasteiger partial charge in [-0.2, -0.15) is 0 Å². The first-order valence-electron chi connectivity index (χ1n) is 15.0. The number of fused-ring (bicyclic) bond motifs is 6. The van der Waals surface area contributed by atoms with Crippen LogP contribution < -0.4 is 0 Å². The maximum atomic E-state index is 4.67. The standard InChI is InChI=1S/C41H33N/c1-25(2)27-19-20-34(29-12-6-5-11-28(27)29)40-33-15-8-7-14-32(33)39(35-21-22-42-24-36(35)40)26-17-18-31-30-13-9-10-16-37(30)41(3,4)38(31)23-26/h5-25H,1-4H3. The maximum Gasteiger partial charge on any atom is 0.0353 e. The average molecular weight is 540 g/mol. The molecule has 0 unspecified atom stereocenters. The molecule has 0 saturated heterocycles. The third-order valence-electron chi connectivity index (χ3n) is 9.55. The van der Waals surface area contributed by atoms with Gasteiger partial charge in [-0.3, -0.25) is 4.98 Å². The Bertz CT molecular complexity index is 2140. The molecule has 1 nitrogen and oxygen atoms in total. The molecule has 1 aromatic heterocycles. The van der Waals surface area contributed by atoms with Gasteiger partial charge in [-0.1, -0.05) is 125 Å². The number of hydrogen-bond donors (Lipinski definition) is 0. The van der Waals surface area contributed by atoms with Crippen molar-refractivity contribution in [2.75, 3.05) is 0 Å². The zero-order valence-corrected chi connectivity index (χ0v) is 24.6. The van der Waals surface area contributed by atoms with E-state index in [9.17, 15) is 0 Å². The first-order valence-corrected chi connectivity index (χ1v) is 15.0. The van der Waals surface area contributed by atoms with Gasteiger partial charge in [0.1, 0.15) is 0 Å². The third-order valence-corrected chi connectivity index (χ3v) is 9.55. The number of nitrogens with zero attached hydrogens (tertiary/aromatic N) is 1. The Morgan fingerprint density at radius 1 is 0.524 bits per heavy atom. The summed E-state index contributed by atoms with van der Waals surface area (Å²) in [6.45, 7) is 9.27. The smallest absolute Gasteiger partial charge is 0.0353 e. The van der Waals surface area contributed by atoms with Gasteiger partial charge in [0.25, 0.3) is 0 Å². The van der Waals surface area contributed by atoms with E-state index in [4.69, 9.17) is 0 Å². The molecule has 1 heterocycles. The molecule has 0 fully saturated rings. The molecule has 0 aliphatic heterocycles. The number of rotatable bonds is 3. The lowest BCUT2D eigenvalue weighted by Crippen LogP contribution is -2.14. The monoisotopic (exact) mass is 539 g/mol. The van der Waals surface area contributed by atoms with Gasteiger partial charge in [0.05, 0.1) is 0 Å². The molecule has 1 aliphatic rings. The summed E-state index contributed by atoms with van der Waals surface area (Å²) < 4.78 is 0. The molecule has 6 aromatic carbocycles. The van der Waals surface area contributed by atoms with Crippen molar-refractivity contribution in [3.63, 3.8) is 0 Å². The summed E-state index contributed by atoms with van der Waals surface area (Å²) in [6, 6.07) is 40.7. The summed E-state index contributed by atoms with van der Waals surface area (Å²) >= 11 is 0. The van der Waals surface area contributed by atoms with Gasteiger partial charge in [-0.25, -0.2) is 0 Å². The highest BCUT2D eigenvalue weighted by Gasteiger charge is 2.35. The van der Waals surface area contributed by atoms with E-state index >= 15 is 0 Å². The van der Waals surface area contributed by atoms with Crippen LogP contribution in [-0.4, -0.2) is 4.98 Å². The largest absolute Gasteiger partial charge is 0.264 e. The first kappa shape index (κ1) is 25.0. The molecule has 0 spiro atoms. The molecule has 0 bridgehead atoms. The van der Waals surface area contributed by atoms with Crippen molar-refractivity contribution in [1.29, 1.82) is 0 Å². The van der Waals surface area contributed by atoms with E-state index in [1.165, 1.54) is 82.4 Å². The summed E-state index contributed by atoms with van der Waals surface area (Å²) in [4.78, 5) is 4.67. The molecule has 0 radical (unpaired) electrons. The first-order chi connectivity index (χ1) is 20.4. The molecule has 0 saturated carbocycles. The summed E-state index contributed by atoms with van der Waals surface area (Å²) in [5.41, 5.74) is 11.9. The SMILES string of the molecule is CC(C)c1ccc(-c2c3ccccc3c(-c3ccc4c(c3)C(C)(C)c3ccccc3-4)c3ccncc23)c2ccccc12. The van der Waals surface area contributed by atoms with Gasteiger partial charge >= 0.3 is 0 Å². The van der Waals surface area contributed by atoms with Gasteiger partial charge in [-0.05, 0) is 95.1 Å². The van der Waals surface area contributed by atoms with Gasteiger partial charge < -0.3 is 0 Å². The summed E-state index contributed by atoms with van der Waals surface area (Å²) in [7, 11) is 0. The molecule has 202 valence electrons. The van der Waals surface area contributed by atoms with E-state index < -0.39 is 0 Å². The fraction of sp³-hybridized carbons (Fsp3) is 0.146. The summed E-state index contributed by atoms with van der Waals surface area (Å²) in [5.74, 6) is 0.455. The van der Waals surface area contributed by atoms with Crippen molar-refractivity contribution in [3.05, 3.63) is 138 Å². The van der Waals surface area contributed by atoms with Crippen LogP contribution in [-0.2, 0) is 5.41 Å². The van der Waals surface area contributed by atoms with Crippen molar-refractivity contribution >= 4 is 32.3 Å². The van der Waals surface area contributed by atoms with Crippen molar-refractivity contribution in [1.82, 2.24) is 4.98 Å². The molecule has 8 rings (SSSR count). The van der Waals surface area contributed by atoms with Crippen molar-refractivity contribution in [2.24, 2.45) is 0 Å². The van der Waals surface area contributed by atoms with Crippen molar-refractivity contribution in [3.8, 4) is 33.4 Å². The molecule has 1 aliphatic carbocycles. The van der Waals surface area contributed by atoms with E-state index in [-0.39, 0.29) is 5.41 Å². The summed E-state index contributed by atoms with van der Waals surface area (Å²) in [5, 5.41) is 7.59. The number of benzene rings is 6. The Morgan fingerprint density at radius 2 is 1.14 bits per heavy atom. The minimum Gasteiger partial charge on any atom is -0.264 e. The van der Waals surface area contributed by atoms with Gasteiger partial charge in [0.2, 0.25) is 0 Å². The lowest BCUT2D eigenvalue weighted by molar-refractivity contribution is 0.660. The Balaban J connectivity index is 1.46. The van der Waals surface area contributed by atoms with Crippen LogP contribution in [0.2, 0.25) is 0 Å². The molecule has 1 heteroatoms. The molecule has 42 heavy (non-hydrogen) atoms. The zero-order valence-electron chi connectivity index (χ0n) is 24.6. The maximum absolute atomic E-state index is 4.67. The summed E-state index contributed by atoms with van der Waals surface area (Å²) in [6.07, 6.45) is 4.01. The predicted octanol–water partition coefficient (Wildman–Crippen LogP) is 11.3. The normalized spacial score (nSPS) is 13.6. The van der Waals surface area contributed by atoms with E-state index in [0.29, 0.717) is 5.92 Å². The van der Waals surface area contributed by atoms with E-state index in [1.807, 2.05) is 6.20 Å². The highest BCUT2D eigenvalue weighted by Crippen LogP contribution is 2.51. The Labute approximate surface area is 247 Å². The van der Waals surface area contributed by atoms with E-state index in [1.54, 1.807) is 0 Å². The minimum absolute atomic E-state index is 0.0495. The minimum atomic E-state index is -0.0495. The lowest BCUT2D eigenvalue weighted by atomic mass is 9.80. The van der Waals surface area contributed by atoms with Crippen LogP contribution in [0.3, 0.4) is 0 Å². The topological polar surface area (TPSA) is 12.9 Å². The quantitative estimate of drug-likeness (QED) is 0.204. The molecule has 0 N–H and O–H groups in total. The molecule has 0 atom stereocenters. The molecule has 0 amide bonds. The second-order valence-corrected chi connectivity index (χ2v) is 12.6. The number of hydrogen-bond acceptors (Lipinski definition) is 1. The fourth-order valence-electron chi connectivity index (χ4n) is 7.53. The number of aromatic nitrogens is 1. The van der Waals surface area contributed by atoms with Crippen LogP contribution in [0.15, 0.2) is 122 Å². The van der Waals surface area contributed by atoms with Crippen LogP contribution >= 0.6 is 0 Å². The van der Waals surface area contributed by atoms with Crippen LogP contribution in [0.1, 0.15) is 50.3 Å². The second kappa shape index (κ2) is 9.13. The second-order valence-electron chi connectivity index (χ2n) is 12.6. The van der Waals surface area contributed by atoms with Crippen LogP contribution in [0.4, 0.5) is 0 Å². The van der Waals surface area contributed by atoms with Crippen LogP contribution in [0.25, 0.3) is 65.7 Å². The average Bonchev–Trinajstić information content (AvgIpc) is 3.25. The highest BCUT2D eigenvalue weighted by atomic mass is 14.6. The Morgan fingerprint density at radius 3 is 1.93 bits per heavy atom. The molecule has 7 aromatic rings. The van der Waals surface area contributed by atoms with Crippen LogP contribution in [0, 0.1) is 0 Å². The van der Waals surface area contributed by atoms with Crippen molar-refractivity contribution < 1.29 is 0 Å². The van der Waals surface area contributed by atoms with E-state index in [2.05, 4.69) is 148 Å². The highest BCUT2D eigenvalue weighted by molar-refractivity contribution is 6.23. The fourth-order valence-corrected chi connectivity index (χ4v) is 7.53. The number of pyridine rings is 1. The van der Waals surface area contributed by atoms with Gasteiger partial charge in [0.15, 0.2) is 0 Å². The Kier molecular flexibility index (Phi) is 5.43. The van der Waals surface area contributed by atoms with Gasteiger partial charge in [0, 0.05) is 23.2 Å². The van der Waals surface area contributed by atoms with Crippen LogP contribution in [0.5, 0.6) is 0 Å². The molecular formula is C41H33N. The predicted molar refractivity (Wildman–Crippen MR) is 179 cm³/mol. The lowest BCUT2D eigenvalue weighted by Gasteiger charge is -2.23. The van der Waals surface area contributed by atoms with Gasteiger partial charge in [-0.15, -0.1) is 0 Å². The molecular weight excluding hydrogens is 506 g/mol. The zero-order chi connectivity index (χ0) is 28.6. The van der Waals surface area contributed by atoms with E-state index in [0.717, 1.165) is 0 Å². The van der Waals surface area contributed by atoms with Crippen molar-refractivity contribution in [2.45, 2.75) is 39.0 Å². The Hall–Kier alpha value is -4.75.